The summed E-state index contributed by atoms with van der Waals surface area (Å²) in [5.41, 5.74) is 0.191. The standard InChI is InChI=1S/C19H28BrNO3/c1-18(2,3)24-17(22)14-23-19(10-4-5-12-21-13-11-19)15-6-8-16(20)9-7-15/h6-9,21H,4-5,10-14H2,1-3H3. The number of rotatable bonds is 4. The van der Waals surface area contributed by atoms with Crippen LogP contribution in [0.4, 0.5) is 0 Å². The number of nitrogens with one attached hydrogen (secondary N) is 1. The molecule has 1 aromatic rings. The third-order valence-electron chi connectivity index (χ3n) is 4.15. The van der Waals surface area contributed by atoms with Crippen LogP contribution in [0.3, 0.4) is 0 Å². The highest BCUT2D eigenvalue weighted by Crippen LogP contribution is 2.36. The van der Waals surface area contributed by atoms with Crippen molar-refractivity contribution in [2.24, 2.45) is 0 Å². The van der Waals surface area contributed by atoms with Crippen LogP contribution in [0.5, 0.6) is 0 Å². The minimum absolute atomic E-state index is 0.0205. The Hall–Kier alpha value is -0.910. The molecule has 134 valence electrons. The molecule has 0 spiro atoms. The van der Waals surface area contributed by atoms with Crippen LogP contribution >= 0.6 is 15.9 Å². The number of hydrogen-bond donors (Lipinski definition) is 1. The van der Waals surface area contributed by atoms with Gasteiger partial charge in [-0.3, -0.25) is 0 Å². The van der Waals surface area contributed by atoms with E-state index in [4.69, 9.17) is 9.47 Å². The number of esters is 1. The number of benzene rings is 1. The van der Waals surface area contributed by atoms with Gasteiger partial charge in [-0.05, 0) is 77.2 Å². The highest BCUT2D eigenvalue weighted by atomic mass is 79.9. The Kier molecular flexibility index (Phi) is 6.84. The fraction of sp³-hybridized carbons (Fsp3) is 0.632. The second kappa shape index (κ2) is 8.45. The monoisotopic (exact) mass is 397 g/mol. The van der Waals surface area contributed by atoms with Crippen molar-refractivity contribution >= 4 is 21.9 Å². The molecule has 5 heteroatoms. The van der Waals surface area contributed by atoms with Gasteiger partial charge in [0, 0.05) is 4.47 Å². The van der Waals surface area contributed by atoms with E-state index >= 15 is 0 Å². The van der Waals surface area contributed by atoms with E-state index in [2.05, 4.69) is 33.4 Å². The van der Waals surface area contributed by atoms with E-state index in [9.17, 15) is 4.79 Å². The minimum atomic E-state index is -0.492. The number of hydrogen-bond acceptors (Lipinski definition) is 4. The predicted octanol–water partition coefficient (Wildman–Crippen LogP) is 4.17. The van der Waals surface area contributed by atoms with Crippen LogP contribution in [0.15, 0.2) is 28.7 Å². The summed E-state index contributed by atoms with van der Waals surface area (Å²) < 4.78 is 12.6. The molecule has 1 aliphatic heterocycles. The average Bonchev–Trinajstić information content (AvgIpc) is 2.46. The van der Waals surface area contributed by atoms with Crippen molar-refractivity contribution < 1.29 is 14.3 Å². The average molecular weight is 398 g/mol. The van der Waals surface area contributed by atoms with Crippen molar-refractivity contribution in [1.82, 2.24) is 5.32 Å². The highest BCUT2D eigenvalue weighted by molar-refractivity contribution is 9.10. The molecule has 1 aromatic carbocycles. The number of carbonyl (C=O) groups excluding carboxylic acids is 1. The second-order valence-electron chi connectivity index (χ2n) is 7.33. The fourth-order valence-corrected chi connectivity index (χ4v) is 3.30. The van der Waals surface area contributed by atoms with Crippen molar-refractivity contribution in [3.8, 4) is 0 Å². The summed E-state index contributed by atoms with van der Waals surface area (Å²) in [6.07, 6.45) is 3.95. The summed E-state index contributed by atoms with van der Waals surface area (Å²) >= 11 is 3.48. The Morgan fingerprint density at radius 3 is 2.54 bits per heavy atom. The first-order valence-corrected chi connectivity index (χ1v) is 9.43. The van der Waals surface area contributed by atoms with E-state index in [1.807, 2.05) is 32.9 Å². The lowest BCUT2D eigenvalue weighted by Gasteiger charge is -2.36. The number of ether oxygens (including phenoxy) is 2. The molecule has 1 unspecified atom stereocenters. The van der Waals surface area contributed by atoms with E-state index < -0.39 is 11.2 Å². The smallest absolute Gasteiger partial charge is 0.332 e. The van der Waals surface area contributed by atoms with Gasteiger partial charge in [-0.2, -0.15) is 0 Å². The molecule has 2 rings (SSSR count). The molecule has 0 aliphatic carbocycles. The molecule has 0 saturated carbocycles. The molecular formula is C19H28BrNO3. The Labute approximate surface area is 153 Å². The molecule has 4 nitrogen and oxygen atoms in total. The molecular weight excluding hydrogens is 370 g/mol. The zero-order valence-corrected chi connectivity index (χ0v) is 16.4. The fourth-order valence-electron chi connectivity index (χ4n) is 3.04. The summed E-state index contributed by atoms with van der Waals surface area (Å²) in [5.74, 6) is -0.311. The molecule has 24 heavy (non-hydrogen) atoms. The quantitative estimate of drug-likeness (QED) is 0.774. The number of halogens is 1. The van der Waals surface area contributed by atoms with E-state index in [-0.39, 0.29) is 12.6 Å². The lowest BCUT2D eigenvalue weighted by atomic mass is 9.84. The summed E-state index contributed by atoms with van der Waals surface area (Å²) in [6, 6.07) is 8.22. The Balaban J connectivity index is 2.15. The number of carbonyl (C=O) groups is 1. The van der Waals surface area contributed by atoms with Crippen LogP contribution in [0.2, 0.25) is 0 Å². The van der Waals surface area contributed by atoms with Gasteiger partial charge in [0.15, 0.2) is 0 Å². The van der Waals surface area contributed by atoms with Gasteiger partial charge in [0.25, 0.3) is 0 Å². The SMILES string of the molecule is CC(C)(C)OC(=O)COC1(c2ccc(Br)cc2)CCCCNCC1. The molecule has 1 aliphatic rings. The summed E-state index contributed by atoms with van der Waals surface area (Å²) in [4.78, 5) is 12.1. The molecule has 1 N–H and O–H groups in total. The highest BCUT2D eigenvalue weighted by Gasteiger charge is 2.34. The zero-order chi connectivity index (χ0) is 17.6. The molecule has 1 fully saturated rings. The molecule has 0 aromatic heterocycles. The lowest BCUT2D eigenvalue weighted by Crippen LogP contribution is -2.38. The van der Waals surface area contributed by atoms with Crippen LogP contribution in [-0.2, 0) is 19.9 Å². The molecule has 0 amide bonds. The summed E-state index contributed by atoms with van der Waals surface area (Å²) in [6.45, 7) is 7.51. The van der Waals surface area contributed by atoms with E-state index in [1.165, 1.54) is 0 Å². The van der Waals surface area contributed by atoms with E-state index in [0.29, 0.717) is 0 Å². The van der Waals surface area contributed by atoms with Gasteiger partial charge >= 0.3 is 5.97 Å². The van der Waals surface area contributed by atoms with E-state index in [1.54, 1.807) is 0 Å². The van der Waals surface area contributed by atoms with Gasteiger partial charge < -0.3 is 14.8 Å². The molecule has 1 atom stereocenters. The topological polar surface area (TPSA) is 47.6 Å². The zero-order valence-electron chi connectivity index (χ0n) is 14.9. The molecule has 1 saturated heterocycles. The van der Waals surface area contributed by atoms with Crippen LogP contribution < -0.4 is 5.32 Å². The first-order chi connectivity index (χ1) is 11.3. The minimum Gasteiger partial charge on any atom is -0.458 e. The van der Waals surface area contributed by atoms with E-state index in [0.717, 1.165) is 48.8 Å². The van der Waals surface area contributed by atoms with Crippen molar-refractivity contribution in [3.05, 3.63) is 34.3 Å². The molecule has 0 radical (unpaired) electrons. The first-order valence-electron chi connectivity index (χ1n) is 8.63. The van der Waals surface area contributed by atoms with Crippen molar-refractivity contribution in [2.45, 2.75) is 57.7 Å². The van der Waals surface area contributed by atoms with Crippen LogP contribution in [0, 0.1) is 0 Å². The Bertz CT molecular complexity index is 529. The van der Waals surface area contributed by atoms with Gasteiger partial charge in [0.05, 0.1) is 5.60 Å². The second-order valence-corrected chi connectivity index (χ2v) is 8.25. The summed E-state index contributed by atoms with van der Waals surface area (Å²) in [7, 11) is 0. The Morgan fingerprint density at radius 1 is 1.17 bits per heavy atom. The van der Waals surface area contributed by atoms with Gasteiger partial charge in [0.1, 0.15) is 12.2 Å². The van der Waals surface area contributed by atoms with Crippen molar-refractivity contribution in [1.29, 1.82) is 0 Å². The van der Waals surface area contributed by atoms with Gasteiger partial charge in [-0.1, -0.05) is 28.1 Å². The first kappa shape index (κ1) is 19.4. The van der Waals surface area contributed by atoms with Crippen molar-refractivity contribution in [2.75, 3.05) is 19.7 Å². The largest absolute Gasteiger partial charge is 0.458 e. The molecule has 0 bridgehead atoms. The molecule has 1 heterocycles. The van der Waals surface area contributed by atoms with Crippen LogP contribution in [-0.4, -0.2) is 31.3 Å². The van der Waals surface area contributed by atoms with Crippen LogP contribution in [0.1, 0.15) is 52.0 Å². The maximum absolute atomic E-state index is 12.1. The third-order valence-corrected chi connectivity index (χ3v) is 4.68. The lowest BCUT2D eigenvalue weighted by molar-refractivity contribution is -0.169. The maximum Gasteiger partial charge on any atom is 0.332 e. The van der Waals surface area contributed by atoms with Crippen molar-refractivity contribution in [3.63, 3.8) is 0 Å². The third kappa shape index (κ3) is 5.87. The normalized spacial score (nSPS) is 22.5. The predicted molar refractivity (Wildman–Crippen MR) is 99.0 cm³/mol. The van der Waals surface area contributed by atoms with Gasteiger partial charge in [-0.25, -0.2) is 4.79 Å². The summed E-state index contributed by atoms with van der Waals surface area (Å²) in [5, 5.41) is 3.44. The van der Waals surface area contributed by atoms with Gasteiger partial charge in [-0.15, -0.1) is 0 Å². The van der Waals surface area contributed by atoms with Crippen LogP contribution in [0.25, 0.3) is 0 Å². The van der Waals surface area contributed by atoms with Gasteiger partial charge in [0.2, 0.25) is 0 Å². The maximum atomic E-state index is 12.1. The Morgan fingerprint density at radius 2 is 1.88 bits per heavy atom.